The minimum atomic E-state index is 0.329. The molecule has 1 aliphatic rings. The molecular weight excluding hydrogens is 350 g/mol. The maximum Gasteiger partial charge on any atom is 0.230 e. The molecule has 0 bridgehead atoms. The van der Waals surface area contributed by atoms with E-state index in [1.54, 1.807) is 12.3 Å². The molecule has 0 fully saturated rings. The average molecular weight is 373 g/mol. The Kier molecular flexibility index (Phi) is 5.35. The molecule has 4 rings (SSSR count). The Balaban J connectivity index is 1.64. The Morgan fingerprint density at radius 3 is 2.71 bits per heavy atom. The fourth-order valence-electron chi connectivity index (χ4n) is 3.64. The molecule has 1 heterocycles. The number of hydroxylamine groups is 1. The lowest BCUT2D eigenvalue weighted by molar-refractivity contribution is 0.234. The lowest BCUT2D eigenvalue weighted by Gasteiger charge is -2.14. The summed E-state index contributed by atoms with van der Waals surface area (Å²) in [6.45, 7) is 2.59. The monoisotopic (exact) mass is 373 g/mol. The molecule has 2 N–H and O–H groups in total. The highest BCUT2D eigenvalue weighted by atomic mass is 16.5. The Morgan fingerprint density at radius 1 is 1.07 bits per heavy atom. The quantitative estimate of drug-likeness (QED) is 0.390. The zero-order chi connectivity index (χ0) is 19.3. The fraction of sp³-hybridized carbons (Fsp3) is 0.217. The van der Waals surface area contributed by atoms with E-state index < -0.39 is 0 Å². The van der Waals surface area contributed by atoms with Crippen LogP contribution in [0.4, 0.5) is 0 Å². The maximum atomic E-state index is 9.68. The molecule has 3 aromatic rings. The number of benzene rings is 2. The van der Waals surface area contributed by atoms with E-state index in [0.29, 0.717) is 23.8 Å². The molecule has 0 unspecified atom stereocenters. The van der Waals surface area contributed by atoms with Crippen LogP contribution in [0.25, 0.3) is 0 Å². The first-order valence-electron chi connectivity index (χ1n) is 9.49. The smallest absolute Gasteiger partial charge is 0.230 e. The molecular formula is C23H23N3O2. The number of fused-ring (bicyclic) bond motifs is 1. The van der Waals surface area contributed by atoms with Gasteiger partial charge in [-0.15, -0.1) is 0 Å². The van der Waals surface area contributed by atoms with E-state index >= 15 is 0 Å². The van der Waals surface area contributed by atoms with Gasteiger partial charge < -0.3 is 4.74 Å². The van der Waals surface area contributed by atoms with E-state index in [2.05, 4.69) is 28.4 Å². The first kappa shape index (κ1) is 18.2. The normalized spacial score (nSPS) is 13.3. The topological polar surface area (TPSA) is 66.7 Å². The zero-order valence-electron chi connectivity index (χ0n) is 15.9. The molecule has 0 aliphatic heterocycles. The van der Waals surface area contributed by atoms with Gasteiger partial charge in [-0.25, -0.2) is 4.98 Å². The van der Waals surface area contributed by atoms with Crippen LogP contribution in [0.1, 0.15) is 34.2 Å². The van der Waals surface area contributed by atoms with E-state index in [1.807, 2.05) is 42.5 Å². The summed E-state index contributed by atoms with van der Waals surface area (Å²) < 4.78 is 6.20. The lowest BCUT2D eigenvalue weighted by atomic mass is 10.0. The van der Waals surface area contributed by atoms with Crippen molar-refractivity contribution in [1.82, 2.24) is 10.5 Å². The number of amidine groups is 1. The molecule has 0 amide bonds. The molecule has 0 saturated carbocycles. The van der Waals surface area contributed by atoms with Crippen molar-refractivity contribution < 1.29 is 9.94 Å². The van der Waals surface area contributed by atoms with E-state index in [-0.39, 0.29) is 0 Å². The number of rotatable bonds is 5. The summed E-state index contributed by atoms with van der Waals surface area (Å²) in [7, 11) is 0. The summed E-state index contributed by atoms with van der Waals surface area (Å²) in [6.07, 6.45) is 4.93. The fourth-order valence-corrected chi connectivity index (χ4v) is 3.64. The number of hydrogen-bond donors (Lipinski definition) is 2. The average Bonchev–Trinajstić information content (AvgIpc) is 3.23. The number of aryl methyl sites for hydroxylation is 1. The summed E-state index contributed by atoms with van der Waals surface area (Å²) in [6, 6.07) is 17.6. The van der Waals surface area contributed by atoms with Gasteiger partial charge in [0.1, 0.15) is 5.75 Å². The molecule has 28 heavy (non-hydrogen) atoms. The van der Waals surface area contributed by atoms with Crippen molar-refractivity contribution in [3.05, 3.63) is 88.6 Å². The third-order valence-corrected chi connectivity index (χ3v) is 5.08. The molecule has 142 valence electrons. The van der Waals surface area contributed by atoms with Gasteiger partial charge in [0.2, 0.25) is 5.88 Å². The summed E-state index contributed by atoms with van der Waals surface area (Å²) >= 11 is 0. The van der Waals surface area contributed by atoms with Gasteiger partial charge in [-0.05, 0) is 66.6 Å². The Bertz CT molecular complexity index is 1000. The minimum Gasteiger partial charge on any atom is -0.438 e. The largest absolute Gasteiger partial charge is 0.438 e. The van der Waals surface area contributed by atoms with Gasteiger partial charge in [0, 0.05) is 6.20 Å². The standard InChI is InChI=1S/C23H23N3O2/c1-16-12-13-21(19-10-5-9-18(16)19)28-23-20(11-6-14-24-23)22(26-27)25-15-17-7-3-2-4-8-17/h2-4,6-8,11-14,27H,5,9-10,15H2,1H3,(H,25,26). The van der Waals surface area contributed by atoms with Crippen LogP contribution >= 0.6 is 0 Å². The summed E-state index contributed by atoms with van der Waals surface area (Å²) in [5.41, 5.74) is 7.83. The number of aliphatic imine (C=N–C) groups is 1. The predicted molar refractivity (Wildman–Crippen MR) is 109 cm³/mol. The number of ether oxygens (including phenoxy) is 1. The molecule has 0 saturated heterocycles. The van der Waals surface area contributed by atoms with Gasteiger partial charge in [0.25, 0.3) is 0 Å². The van der Waals surface area contributed by atoms with Crippen LogP contribution in [-0.2, 0) is 19.4 Å². The summed E-state index contributed by atoms with van der Waals surface area (Å²) in [4.78, 5) is 8.90. The van der Waals surface area contributed by atoms with Gasteiger partial charge >= 0.3 is 0 Å². The van der Waals surface area contributed by atoms with Crippen molar-refractivity contribution in [2.45, 2.75) is 32.7 Å². The van der Waals surface area contributed by atoms with Crippen molar-refractivity contribution in [2.75, 3.05) is 0 Å². The SMILES string of the molecule is Cc1ccc(Oc2ncccc2C(=NCc2ccccc2)NO)c2c1CCC2. The Hall–Kier alpha value is -3.18. The van der Waals surface area contributed by atoms with Crippen LogP contribution in [-0.4, -0.2) is 16.0 Å². The molecule has 0 spiro atoms. The Morgan fingerprint density at radius 2 is 1.89 bits per heavy atom. The second-order valence-electron chi connectivity index (χ2n) is 6.91. The van der Waals surface area contributed by atoms with Gasteiger partial charge in [-0.1, -0.05) is 36.4 Å². The predicted octanol–water partition coefficient (Wildman–Crippen LogP) is 4.60. The van der Waals surface area contributed by atoms with Gasteiger partial charge in [-0.2, -0.15) is 0 Å². The summed E-state index contributed by atoms with van der Waals surface area (Å²) in [5, 5.41) is 9.68. The molecule has 1 aromatic heterocycles. The minimum absolute atomic E-state index is 0.329. The molecule has 0 atom stereocenters. The molecule has 1 aliphatic carbocycles. The van der Waals surface area contributed by atoms with Crippen molar-refractivity contribution in [1.29, 1.82) is 0 Å². The first-order chi connectivity index (χ1) is 13.8. The van der Waals surface area contributed by atoms with Gasteiger partial charge in [-0.3, -0.25) is 15.7 Å². The number of nitrogens with zero attached hydrogens (tertiary/aromatic N) is 2. The van der Waals surface area contributed by atoms with E-state index in [9.17, 15) is 5.21 Å². The summed E-state index contributed by atoms with van der Waals surface area (Å²) in [5.74, 6) is 1.59. The van der Waals surface area contributed by atoms with Crippen LogP contribution in [0, 0.1) is 6.92 Å². The van der Waals surface area contributed by atoms with Crippen LogP contribution in [0.15, 0.2) is 65.8 Å². The van der Waals surface area contributed by atoms with Crippen molar-refractivity contribution in [3.8, 4) is 11.6 Å². The van der Waals surface area contributed by atoms with Crippen LogP contribution < -0.4 is 10.2 Å². The van der Waals surface area contributed by atoms with E-state index in [0.717, 1.165) is 30.6 Å². The third-order valence-electron chi connectivity index (χ3n) is 5.08. The van der Waals surface area contributed by atoms with E-state index in [1.165, 1.54) is 16.7 Å². The van der Waals surface area contributed by atoms with Crippen molar-refractivity contribution in [3.63, 3.8) is 0 Å². The second-order valence-corrected chi connectivity index (χ2v) is 6.91. The highest BCUT2D eigenvalue weighted by Gasteiger charge is 2.20. The lowest BCUT2D eigenvalue weighted by Crippen LogP contribution is -2.21. The highest BCUT2D eigenvalue weighted by Crippen LogP contribution is 2.35. The molecule has 2 aromatic carbocycles. The van der Waals surface area contributed by atoms with Crippen molar-refractivity contribution >= 4 is 5.84 Å². The van der Waals surface area contributed by atoms with Gasteiger partial charge in [0.05, 0.1) is 12.1 Å². The molecule has 5 heteroatoms. The number of hydrogen-bond acceptors (Lipinski definition) is 4. The number of aromatic nitrogens is 1. The Labute approximate surface area is 164 Å². The van der Waals surface area contributed by atoms with Crippen LogP contribution in [0.5, 0.6) is 11.6 Å². The van der Waals surface area contributed by atoms with Crippen LogP contribution in [0.3, 0.4) is 0 Å². The molecule has 5 nitrogen and oxygen atoms in total. The number of pyridine rings is 1. The third kappa shape index (κ3) is 3.75. The van der Waals surface area contributed by atoms with Crippen LogP contribution in [0.2, 0.25) is 0 Å². The first-order valence-corrected chi connectivity index (χ1v) is 9.49. The van der Waals surface area contributed by atoms with Gasteiger partial charge in [0.15, 0.2) is 5.84 Å². The number of nitrogens with one attached hydrogen (secondary N) is 1. The van der Waals surface area contributed by atoms with E-state index in [4.69, 9.17) is 4.74 Å². The second kappa shape index (κ2) is 8.23. The molecule has 0 radical (unpaired) electrons. The maximum absolute atomic E-state index is 9.68. The zero-order valence-corrected chi connectivity index (χ0v) is 15.9. The highest BCUT2D eigenvalue weighted by molar-refractivity contribution is 6.00. The van der Waals surface area contributed by atoms with Crippen molar-refractivity contribution in [2.24, 2.45) is 4.99 Å².